The molecule has 1 fully saturated rings. The van der Waals surface area contributed by atoms with E-state index in [1.54, 1.807) is 4.90 Å². The fraction of sp³-hybridized carbons (Fsp3) is 0.818. The standard InChI is InChI=1S/C11H20N2O5/c1-7-6-18-8(5-14)4-13(7)11(17)9(12)2-3-10(15)16/h7-9,14H,2-6,12H2,1H3,(H,15,16). The van der Waals surface area contributed by atoms with Crippen LogP contribution in [0.15, 0.2) is 0 Å². The second kappa shape index (κ2) is 6.67. The summed E-state index contributed by atoms with van der Waals surface area (Å²) >= 11 is 0. The molecule has 3 unspecified atom stereocenters. The van der Waals surface area contributed by atoms with Crippen LogP contribution in [0.3, 0.4) is 0 Å². The van der Waals surface area contributed by atoms with E-state index in [9.17, 15) is 9.59 Å². The zero-order chi connectivity index (χ0) is 13.7. The Hall–Kier alpha value is -1.18. The molecular formula is C11H20N2O5. The molecule has 0 radical (unpaired) electrons. The third-order valence-electron chi connectivity index (χ3n) is 2.98. The fourth-order valence-electron chi connectivity index (χ4n) is 1.85. The van der Waals surface area contributed by atoms with Gasteiger partial charge in [0, 0.05) is 13.0 Å². The Morgan fingerprint density at radius 2 is 2.22 bits per heavy atom. The molecule has 7 heteroatoms. The average molecular weight is 260 g/mol. The number of hydrogen-bond donors (Lipinski definition) is 3. The first-order chi connectivity index (χ1) is 8.45. The van der Waals surface area contributed by atoms with Crippen molar-refractivity contribution in [2.45, 2.75) is 38.0 Å². The minimum Gasteiger partial charge on any atom is -0.481 e. The maximum Gasteiger partial charge on any atom is 0.303 e. The van der Waals surface area contributed by atoms with Gasteiger partial charge in [0.1, 0.15) is 0 Å². The van der Waals surface area contributed by atoms with E-state index in [0.29, 0.717) is 6.61 Å². The molecule has 0 spiro atoms. The monoisotopic (exact) mass is 260 g/mol. The predicted molar refractivity (Wildman–Crippen MR) is 62.8 cm³/mol. The molecule has 7 nitrogen and oxygen atoms in total. The van der Waals surface area contributed by atoms with Crippen LogP contribution in [0.25, 0.3) is 0 Å². The summed E-state index contributed by atoms with van der Waals surface area (Å²) in [5.74, 6) is -1.26. The van der Waals surface area contributed by atoms with Crippen molar-refractivity contribution in [1.82, 2.24) is 4.90 Å². The Bertz CT molecular complexity index is 310. The lowest BCUT2D eigenvalue weighted by Gasteiger charge is -2.38. The van der Waals surface area contributed by atoms with E-state index in [1.165, 1.54) is 0 Å². The number of carbonyl (C=O) groups is 2. The second-order valence-electron chi connectivity index (χ2n) is 4.52. The number of hydrogen-bond acceptors (Lipinski definition) is 5. The molecule has 1 aliphatic heterocycles. The molecule has 0 aliphatic carbocycles. The molecular weight excluding hydrogens is 240 g/mol. The Balaban J connectivity index is 2.54. The summed E-state index contributed by atoms with van der Waals surface area (Å²) in [6, 6.07) is -0.933. The molecule has 3 atom stereocenters. The van der Waals surface area contributed by atoms with Crippen LogP contribution in [0.2, 0.25) is 0 Å². The van der Waals surface area contributed by atoms with Crippen molar-refractivity contribution in [3.8, 4) is 0 Å². The molecule has 1 saturated heterocycles. The minimum atomic E-state index is -0.971. The van der Waals surface area contributed by atoms with E-state index in [2.05, 4.69) is 0 Å². The summed E-state index contributed by atoms with van der Waals surface area (Å²) in [6.45, 7) is 2.32. The van der Waals surface area contributed by atoms with E-state index < -0.39 is 18.1 Å². The van der Waals surface area contributed by atoms with Gasteiger partial charge in [0.25, 0.3) is 0 Å². The largest absolute Gasteiger partial charge is 0.481 e. The summed E-state index contributed by atoms with van der Waals surface area (Å²) in [4.78, 5) is 24.0. The van der Waals surface area contributed by atoms with Crippen molar-refractivity contribution >= 4 is 11.9 Å². The number of carboxylic acids is 1. The van der Waals surface area contributed by atoms with Crippen molar-refractivity contribution in [2.24, 2.45) is 5.73 Å². The molecule has 18 heavy (non-hydrogen) atoms. The van der Waals surface area contributed by atoms with Gasteiger partial charge in [0.15, 0.2) is 0 Å². The number of rotatable bonds is 5. The number of aliphatic hydroxyl groups excluding tert-OH is 1. The molecule has 1 aliphatic rings. The second-order valence-corrected chi connectivity index (χ2v) is 4.52. The Morgan fingerprint density at radius 3 is 2.78 bits per heavy atom. The van der Waals surface area contributed by atoms with Crippen LogP contribution >= 0.6 is 0 Å². The minimum absolute atomic E-state index is 0.113. The first-order valence-corrected chi connectivity index (χ1v) is 5.96. The summed E-state index contributed by atoms with van der Waals surface area (Å²) in [6.07, 6.45) is -0.409. The van der Waals surface area contributed by atoms with Crippen molar-refractivity contribution in [3.05, 3.63) is 0 Å². The van der Waals surface area contributed by atoms with E-state index in [0.717, 1.165) is 0 Å². The number of carboxylic acid groups (broad SMARTS) is 1. The number of nitrogens with two attached hydrogens (primary N) is 1. The number of morpholine rings is 1. The molecule has 0 saturated carbocycles. The van der Waals surface area contributed by atoms with Crippen LogP contribution < -0.4 is 5.73 Å². The van der Waals surface area contributed by atoms with Crippen LogP contribution in [-0.2, 0) is 14.3 Å². The zero-order valence-electron chi connectivity index (χ0n) is 10.4. The lowest BCUT2D eigenvalue weighted by molar-refractivity contribution is -0.148. The van der Waals surface area contributed by atoms with E-state index in [1.807, 2.05) is 6.92 Å². The van der Waals surface area contributed by atoms with Crippen molar-refractivity contribution in [1.29, 1.82) is 0 Å². The van der Waals surface area contributed by atoms with Gasteiger partial charge in [-0.25, -0.2) is 0 Å². The first kappa shape index (κ1) is 14.9. The maximum absolute atomic E-state index is 12.1. The lowest BCUT2D eigenvalue weighted by atomic mass is 10.1. The highest BCUT2D eigenvalue weighted by Gasteiger charge is 2.31. The van der Waals surface area contributed by atoms with Crippen molar-refractivity contribution < 1.29 is 24.5 Å². The highest BCUT2D eigenvalue weighted by molar-refractivity contribution is 5.82. The zero-order valence-corrected chi connectivity index (χ0v) is 10.4. The molecule has 1 heterocycles. The van der Waals surface area contributed by atoms with Gasteiger partial charge in [-0.15, -0.1) is 0 Å². The van der Waals surface area contributed by atoms with Gasteiger partial charge in [0.05, 0.1) is 31.4 Å². The quantitative estimate of drug-likeness (QED) is 0.571. The average Bonchev–Trinajstić information content (AvgIpc) is 2.35. The molecule has 0 aromatic carbocycles. The number of amides is 1. The SMILES string of the molecule is CC1COC(CO)CN1C(=O)C(N)CCC(=O)O. The summed E-state index contributed by atoms with van der Waals surface area (Å²) in [5.41, 5.74) is 5.69. The molecule has 0 bridgehead atoms. The van der Waals surface area contributed by atoms with Crippen molar-refractivity contribution in [3.63, 3.8) is 0 Å². The highest BCUT2D eigenvalue weighted by atomic mass is 16.5. The lowest BCUT2D eigenvalue weighted by Crippen LogP contribution is -2.56. The van der Waals surface area contributed by atoms with Crippen LogP contribution in [0.5, 0.6) is 0 Å². The van der Waals surface area contributed by atoms with Crippen LogP contribution in [0.4, 0.5) is 0 Å². The molecule has 1 amide bonds. The molecule has 0 aromatic heterocycles. The number of nitrogens with zero attached hydrogens (tertiary/aromatic N) is 1. The first-order valence-electron chi connectivity index (χ1n) is 5.96. The maximum atomic E-state index is 12.1. The molecule has 4 N–H and O–H groups in total. The summed E-state index contributed by atoms with van der Waals surface area (Å²) in [5, 5.41) is 17.6. The van der Waals surface area contributed by atoms with Crippen LogP contribution in [0, 0.1) is 0 Å². The van der Waals surface area contributed by atoms with Crippen LogP contribution in [-0.4, -0.2) is 64.9 Å². The number of aliphatic carboxylic acids is 1. The van der Waals surface area contributed by atoms with Gasteiger partial charge < -0.3 is 25.6 Å². The normalized spacial score (nSPS) is 25.8. The smallest absolute Gasteiger partial charge is 0.303 e. The fourth-order valence-corrected chi connectivity index (χ4v) is 1.85. The third-order valence-corrected chi connectivity index (χ3v) is 2.98. The number of carbonyl (C=O) groups excluding carboxylic acids is 1. The Morgan fingerprint density at radius 1 is 1.56 bits per heavy atom. The Kier molecular flexibility index (Phi) is 5.52. The molecule has 1 rings (SSSR count). The summed E-state index contributed by atoms with van der Waals surface area (Å²) < 4.78 is 5.32. The van der Waals surface area contributed by atoms with Gasteiger partial charge in [-0.2, -0.15) is 0 Å². The topological polar surface area (TPSA) is 113 Å². The van der Waals surface area contributed by atoms with Crippen LogP contribution in [0.1, 0.15) is 19.8 Å². The highest BCUT2D eigenvalue weighted by Crippen LogP contribution is 2.13. The predicted octanol–water partition coefficient (Wildman–Crippen LogP) is -1.21. The van der Waals surface area contributed by atoms with Gasteiger partial charge in [-0.3, -0.25) is 9.59 Å². The molecule has 0 aromatic rings. The van der Waals surface area contributed by atoms with Gasteiger partial charge >= 0.3 is 5.97 Å². The summed E-state index contributed by atoms with van der Waals surface area (Å²) in [7, 11) is 0. The van der Waals surface area contributed by atoms with E-state index in [-0.39, 0.29) is 37.9 Å². The van der Waals surface area contributed by atoms with Gasteiger partial charge in [-0.05, 0) is 13.3 Å². The molecule has 104 valence electrons. The van der Waals surface area contributed by atoms with E-state index in [4.69, 9.17) is 20.7 Å². The third kappa shape index (κ3) is 3.94. The number of ether oxygens (including phenoxy) is 1. The van der Waals surface area contributed by atoms with Gasteiger partial charge in [0.2, 0.25) is 5.91 Å². The van der Waals surface area contributed by atoms with E-state index >= 15 is 0 Å². The Labute approximate surface area is 106 Å². The van der Waals surface area contributed by atoms with Gasteiger partial charge in [-0.1, -0.05) is 0 Å². The van der Waals surface area contributed by atoms with Crippen molar-refractivity contribution in [2.75, 3.05) is 19.8 Å². The number of aliphatic hydroxyl groups is 1.